The lowest BCUT2D eigenvalue weighted by Gasteiger charge is -2.08. The van der Waals surface area contributed by atoms with E-state index < -0.39 is 0 Å². The van der Waals surface area contributed by atoms with Crippen LogP contribution in [0.2, 0.25) is 0 Å². The van der Waals surface area contributed by atoms with Gasteiger partial charge >= 0.3 is 0 Å². The number of benzene rings is 2. The molecule has 0 atom stereocenters. The van der Waals surface area contributed by atoms with Gasteiger partial charge in [-0.2, -0.15) is 0 Å². The summed E-state index contributed by atoms with van der Waals surface area (Å²) in [7, 11) is 0. The van der Waals surface area contributed by atoms with Crippen LogP contribution >= 0.6 is 0 Å². The van der Waals surface area contributed by atoms with Crippen molar-refractivity contribution in [3.8, 4) is 0 Å². The second kappa shape index (κ2) is 3.57. The van der Waals surface area contributed by atoms with Crippen molar-refractivity contribution in [3.63, 3.8) is 0 Å². The second-order valence-electron chi connectivity index (χ2n) is 5.61. The third-order valence-corrected chi connectivity index (χ3v) is 4.43. The van der Waals surface area contributed by atoms with E-state index in [0.29, 0.717) is 0 Å². The van der Waals surface area contributed by atoms with Gasteiger partial charge in [0.05, 0.1) is 11.0 Å². The molecule has 0 aromatic heterocycles. The van der Waals surface area contributed by atoms with Crippen molar-refractivity contribution in [2.24, 2.45) is 4.99 Å². The van der Waals surface area contributed by atoms with Gasteiger partial charge < -0.3 is 0 Å². The zero-order valence-electron chi connectivity index (χ0n) is 11.1. The summed E-state index contributed by atoms with van der Waals surface area (Å²) < 4.78 is 0. The number of fused-ring (bicyclic) bond motifs is 4. The molecule has 5 rings (SSSR count). The highest BCUT2D eigenvalue weighted by atomic mass is 14.7. The van der Waals surface area contributed by atoms with Crippen LogP contribution in [0.3, 0.4) is 0 Å². The van der Waals surface area contributed by atoms with E-state index in [4.69, 9.17) is 4.99 Å². The third kappa shape index (κ3) is 1.25. The molecule has 0 N–H and O–H groups in total. The van der Waals surface area contributed by atoms with E-state index in [0.717, 1.165) is 17.5 Å². The number of hydrogen-bond acceptors (Lipinski definition) is 1. The first-order valence-electron chi connectivity index (χ1n) is 7.14. The molecule has 2 aromatic carbocycles. The van der Waals surface area contributed by atoms with Gasteiger partial charge in [0.2, 0.25) is 0 Å². The predicted molar refractivity (Wildman–Crippen MR) is 80.8 cm³/mol. The maximum Gasteiger partial charge on any atom is 0.0722 e. The summed E-state index contributed by atoms with van der Waals surface area (Å²) >= 11 is 0. The molecule has 20 heavy (non-hydrogen) atoms. The first-order chi connectivity index (χ1) is 9.90. The lowest BCUT2D eigenvalue weighted by Crippen LogP contribution is -2.02. The number of para-hydroxylation sites is 1. The van der Waals surface area contributed by atoms with Crippen molar-refractivity contribution in [1.29, 1.82) is 0 Å². The second-order valence-corrected chi connectivity index (χ2v) is 5.61. The standard InChI is InChI=1S/C19H13N/c1-2-6-14-12(5-1)9-13-10-19-17(11-16(13)14)15-7-3-4-8-18(15)20-19/h2-4,6-11H,1,5H2. The average molecular weight is 255 g/mol. The van der Waals surface area contributed by atoms with E-state index in [1.807, 2.05) is 0 Å². The van der Waals surface area contributed by atoms with Crippen molar-refractivity contribution < 1.29 is 0 Å². The Kier molecular flexibility index (Phi) is 1.86. The monoisotopic (exact) mass is 255 g/mol. The van der Waals surface area contributed by atoms with Gasteiger partial charge in [-0.1, -0.05) is 36.4 Å². The summed E-state index contributed by atoms with van der Waals surface area (Å²) in [6.45, 7) is 0. The van der Waals surface area contributed by atoms with Crippen LogP contribution in [0.15, 0.2) is 59.1 Å². The Morgan fingerprint density at radius 2 is 1.95 bits per heavy atom. The van der Waals surface area contributed by atoms with Gasteiger partial charge in [-0.25, -0.2) is 4.99 Å². The molecule has 1 heterocycles. The van der Waals surface area contributed by atoms with Gasteiger partial charge in [0.1, 0.15) is 0 Å². The van der Waals surface area contributed by atoms with E-state index in [1.54, 1.807) is 0 Å². The molecule has 0 saturated carbocycles. The summed E-state index contributed by atoms with van der Waals surface area (Å²) in [5, 5.41) is 4.97. The molecular formula is C19H13N. The smallest absolute Gasteiger partial charge is 0.0722 e. The molecule has 0 saturated heterocycles. The van der Waals surface area contributed by atoms with Gasteiger partial charge in [0, 0.05) is 10.4 Å². The third-order valence-electron chi connectivity index (χ3n) is 4.43. The Bertz CT molecular complexity index is 1040. The fourth-order valence-corrected chi connectivity index (χ4v) is 3.48. The largest absolute Gasteiger partial charge is 0.248 e. The quantitative estimate of drug-likeness (QED) is 0.585. The zero-order valence-corrected chi connectivity index (χ0v) is 11.1. The molecule has 0 unspecified atom stereocenters. The van der Waals surface area contributed by atoms with Gasteiger partial charge in [0.15, 0.2) is 0 Å². The van der Waals surface area contributed by atoms with Crippen LogP contribution in [-0.4, -0.2) is 0 Å². The summed E-state index contributed by atoms with van der Waals surface area (Å²) in [5.74, 6) is 0. The molecule has 0 amide bonds. The molecule has 1 nitrogen and oxygen atoms in total. The Morgan fingerprint density at radius 3 is 2.95 bits per heavy atom. The van der Waals surface area contributed by atoms with Crippen LogP contribution in [0.1, 0.15) is 18.4 Å². The van der Waals surface area contributed by atoms with Gasteiger partial charge in [-0.3, -0.25) is 0 Å². The summed E-state index contributed by atoms with van der Waals surface area (Å²) in [6.07, 6.45) is 9.24. The molecule has 0 radical (unpaired) electrons. The highest BCUT2D eigenvalue weighted by Gasteiger charge is 2.17. The molecule has 1 aliphatic heterocycles. The molecule has 0 fully saturated rings. The summed E-state index contributed by atoms with van der Waals surface area (Å²) in [6, 6.07) is 13.0. The van der Waals surface area contributed by atoms with Crippen molar-refractivity contribution >= 4 is 17.3 Å². The lowest BCUT2D eigenvalue weighted by atomic mass is 9.97. The topological polar surface area (TPSA) is 12.4 Å². The molecule has 94 valence electrons. The van der Waals surface area contributed by atoms with Crippen molar-refractivity contribution in [1.82, 2.24) is 0 Å². The predicted octanol–water partition coefficient (Wildman–Crippen LogP) is 3.14. The summed E-state index contributed by atoms with van der Waals surface area (Å²) in [4.78, 5) is 4.75. The van der Waals surface area contributed by atoms with Crippen LogP contribution in [0.4, 0.5) is 5.69 Å². The lowest BCUT2D eigenvalue weighted by molar-refractivity contribution is 1.01. The van der Waals surface area contributed by atoms with E-state index in [9.17, 15) is 0 Å². The first kappa shape index (κ1) is 10.4. The van der Waals surface area contributed by atoms with E-state index >= 15 is 0 Å². The van der Waals surface area contributed by atoms with Crippen molar-refractivity contribution in [3.05, 3.63) is 80.7 Å². The van der Waals surface area contributed by atoms with E-state index in [2.05, 4.69) is 54.6 Å². The summed E-state index contributed by atoms with van der Waals surface area (Å²) in [5.41, 5.74) is 5.39. The molecule has 0 spiro atoms. The molecule has 2 aromatic rings. The van der Waals surface area contributed by atoms with Crippen LogP contribution in [0.25, 0.3) is 11.6 Å². The Labute approximate surface area is 116 Å². The maximum absolute atomic E-state index is 4.75. The van der Waals surface area contributed by atoms with Crippen LogP contribution in [0.5, 0.6) is 0 Å². The highest BCUT2D eigenvalue weighted by Crippen LogP contribution is 2.32. The minimum atomic E-state index is 1.10. The fourth-order valence-electron chi connectivity index (χ4n) is 3.48. The van der Waals surface area contributed by atoms with E-state index in [1.165, 1.54) is 38.8 Å². The Hall–Kier alpha value is -2.41. The molecule has 0 bridgehead atoms. The maximum atomic E-state index is 4.75. The highest BCUT2D eigenvalue weighted by molar-refractivity contribution is 5.89. The molecular weight excluding hydrogens is 242 g/mol. The minimum Gasteiger partial charge on any atom is -0.248 e. The molecule has 2 aliphatic carbocycles. The number of hydrogen-bond donors (Lipinski definition) is 0. The Morgan fingerprint density at radius 1 is 1.00 bits per heavy atom. The molecule has 3 aliphatic rings. The minimum absolute atomic E-state index is 1.10. The van der Waals surface area contributed by atoms with Gasteiger partial charge in [0.25, 0.3) is 0 Å². The first-order valence-corrected chi connectivity index (χ1v) is 7.14. The van der Waals surface area contributed by atoms with Gasteiger partial charge in [-0.15, -0.1) is 0 Å². The molecule has 1 heteroatoms. The van der Waals surface area contributed by atoms with Gasteiger partial charge in [-0.05, 0) is 53.0 Å². The van der Waals surface area contributed by atoms with Crippen molar-refractivity contribution in [2.75, 3.05) is 0 Å². The van der Waals surface area contributed by atoms with Crippen LogP contribution in [-0.2, 0) is 0 Å². The SMILES string of the molecule is C1=CC2=C(C=c3cc4c(cc32)=c2ccccc2=N4)CC1. The normalized spacial score (nSPS) is 17.0. The zero-order chi connectivity index (χ0) is 13.1. The number of rotatable bonds is 0. The van der Waals surface area contributed by atoms with Crippen LogP contribution < -0.4 is 10.6 Å². The van der Waals surface area contributed by atoms with E-state index in [-0.39, 0.29) is 0 Å². The number of nitrogens with zero attached hydrogens (tertiary/aromatic N) is 1. The fraction of sp³-hybridized carbons (Fsp3) is 0.105. The van der Waals surface area contributed by atoms with Crippen LogP contribution in [0, 0.1) is 10.4 Å². The Balaban J connectivity index is 1.92. The van der Waals surface area contributed by atoms with Crippen molar-refractivity contribution in [2.45, 2.75) is 12.8 Å². The number of allylic oxidation sites excluding steroid dienone is 4. The average Bonchev–Trinajstić information content (AvgIpc) is 3.02.